The fourth-order valence-electron chi connectivity index (χ4n) is 2.48. The highest BCUT2D eigenvalue weighted by Crippen LogP contribution is 2.22. The van der Waals surface area contributed by atoms with Crippen molar-refractivity contribution in [1.82, 2.24) is 0 Å². The van der Waals surface area contributed by atoms with Crippen LogP contribution in [0.25, 0.3) is 0 Å². The van der Waals surface area contributed by atoms with Gasteiger partial charge in [0.2, 0.25) is 0 Å². The third-order valence-electron chi connectivity index (χ3n) is 3.83. The molecule has 1 unspecified atom stereocenters. The van der Waals surface area contributed by atoms with Crippen LogP contribution in [0.15, 0.2) is 0 Å². The van der Waals surface area contributed by atoms with E-state index in [-0.39, 0.29) is 30.5 Å². The van der Waals surface area contributed by atoms with Crippen molar-refractivity contribution < 1.29 is 26.9 Å². The number of carbonyl (C=O) groups is 1. The summed E-state index contributed by atoms with van der Waals surface area (Å²) >= 11 is 0. The van der Waals surface area contributed by atoms with Crippen LogP contribution in [0.2, 0.25) is 0 Å². The second kappa shape index (κ2) is 8.86. The second-order valence-electron chi connectivity index (χ2n) is 6.03. The molecule has 0 saturated heterocycles. The monoisotopic (exact) mass is 358 g/mol. The van der Waals surface area contributed by atoms with Gasteiger partial charge in [-0.3, -0.25) is 9.57 Å². The van der Waals surface area contributed by atoms with Crippen LogP contribution >= 0.6 is 0 Å². The Kier molecular flexibility index (Phi) is 7.79. The van der Waals surface area contributed by atoms with E-state index in [1.165, 1.54) is 0 Å². The molecule has 5 nitrogen and oxygen atoms in total. The standard InChI is InChI=1S/C14H25F3N2O3S/c15-14(16,17)8-4-9-23(19,21)10-7-12(18)13(20)22-11-5-2-1-3-6-11/h11-12,19H,1-10,18H2/t12-,23?/m0/s1. The molecule has 136 valence electrons. The maximum Gasteiger partial charge on any atom is 0.389 e. The molecule has 1 aliphatic carbocycles. The van der Waals surface area contributed by atoms with Crippen molar-refractivity contribution in [1.29, 1.82) is 4.78 Å². The number of hydrogen-bond donors (Lipinski definition) is 2. The molecule has 0 heterocycles. The predicted molar refractivity (Wildman–Crippen MR) is 81.4 cm³/mol. The van der Waals surface area contributed by atoms with E-state index in [9.17, 15) is 22.2 Å². The molecule has 9 heteroatoms. The molecular weight excluding hydrogens is 333 g/mol. The Labute approximate surface area is 135 Å². The van der Waals surface area contributed by atoms with Crippen molar-refractivity contribution in [3.63, 3.8) is 0 Å². The Hall–Kier alpha value is -0.830. The molecule has 0 aromatic heterocycles. The fraction of sp³-hybridized carbons (Fsp3) is 0.929. The van der Waals surface area contributed by atoms with Crippen molar-refractivity contribution in [3.05, 3.63) is 0 Å². The Morgan fingerprint density at radius 3 is 2.43 bits per heavy atom. The Morgan fingerprint density at radius 1 is 1.26 bits per heavy atom. The lowest BCUT2D eigenvalue weighted by atomic mass is 9.98. The van der Waals surface area contributed by atoms with Gasteiger partial charge in [0.25, 0.3) is 0 Å². The number of esters is 1. The number of ether oxygens (including phenoxy) is 1. The molecule has 1 fully saturated rings. The Balaban J connectivity index is 2.29. The summed E-state index contributed by atoms with van der Waals surface area (Å²) in [5.74, 6) is -1.11. The van der Waals surface area contributed by atoms with E-state index in [4.69, 9.17) is 15.3 Å². The topological polar surface area (TPSA) is 93.2 Å². The van der Waals surface area contributed by atoms with E-state index in [0.29, 0.717) is 0 Å². The predicted octanol–water partition coefficient (Wildman–Crippen LogP) is 2.97. The first kappa shape index (κ1) is 20.2. The Bertz CT molecular complexity index is 474. The number of nitrogens with one attached hydrogen (secondary N) is 1. The van der Waals surface area contributed by atoms with Crippen LogP contribution in [0, 0.1) is 4.78 Å². The van der Waals surface area contributed by atoms with Gasteiger partial charge in [0.1, 0.15) is 12.1 Å². The van der Waals surface area contributed by atoms with Gasteiger partial charge in [0.05, 0.1) is 0 Å². The van der Waals surface area contributed by atoms with E-state index in [2.05, 4.69) is 0 Å². The molecule has 1 rings (SSSR count). The molecule has 23 heavy (non-hydrogen) atoms. The minimum atomic E-state index is -4.31. The van der Waals surface area contributed by atoms with E-state index in [1.54, 1.807) is 0 Å². The number of carbonyl (C=O) groups excluding carboxylic acids is 1. The Morgan fingerprint density at radius 2 is 1.87 bits per heavy atom. The van der Waals surface area contributed by atoms with Crippen molar-refractivity contribution >= 4 is 15.7 Å². The highest BCUT2D eigenvalue weighted by atomic mass is 32.2. The maximum atomic E-state index is 12.0. The van der Waals surface area contributed by atoms with Crippen LogP contribution in [0.5, 0.6) is 0 Å². The van der Waals surface area contributed by atoms with E-state index < -0.39 is 34.3 Å². The van der Waals surface area contributed by atoms with Gasteiger partial charge in [-0.2, -0.15) is 13.2 Å². The average Bonchev–Trinajstić information content (AvgIpc) is 2.44. The van der Waals surface area contributed by atoms with Gasteiger partial charge in [0, 0.05) is 27.7 Å². The highest BCUT2D eigenvalue weighted by Gasteiger charge is 2.27. The molecule has 1 saturated carbocycles. The van der Waals surface area contributed by atoms with Crippen LogP contribution < -0.4 is 5.73 Å². The van der Waals surface area contributed by atoms with Crippen LogP contribution in [0.4, 0.5) is 13.2 Å². The highest BCUT2D eigenvalue weighted by molar-refractivity contribution is 7.92. The van der Waals surface area contributed by atoms with Crippen molar-refractivity contribution in [2.45, 2.75) is 69.7 Å². The van der Waals surface area contributed by atoms with Gasteiger partial charge in [-0.1, -0.05) is 6.42 Å². The van der Waals surface area contributed by atoms with Gasteiger partial charge >= 0.3 is 12.1 Å². The maximum absolute atomic E-state index is 12.0. The first-order valence-corrected chi connectivity index (χ1v) is 9.76. The molecular formula is C14H25F3N2O3S. The number of rotatable bonds is 8. The van der Waals surface area contributed by atoms with Gasteiger partial charge < -0.3 is 10.5 Å². The summed E-state index contributed by atoms with van der Waals surface area (Å²) in [7, 11) is -3.15. The number of hydrogen-bond acceptors (Lipinski definition) is 5. The zero-order valence-electron chi connectivity index (χ0n) is 13.1. The van der Waals surface area contributed by atoms with Gasteiger partial charge in [-0.15, -0.1) is 0 Å². The first-order valence-electron chi connectivity index (χ1n) is 7.86. The molecule has 2 atom stereocenters. The summed E-state index contributed by atoms with van der Waals surface area (Å²) in [6.45, 7) is 0. The molecule has 0 aromatic carbocycles. The van der Waals surface area contributed by atoms with Crippen LogP contribution in [-0.4, -0.2) is 40.0 Å². The largest absolute Gasteiger partial charge is 0.461 e. The molecule has 0 radical (unpaired) electrons. The second-order valence-corrected chi connectivity index (χ2v) is 8.47. The van der Waals surface area contributed by atoms with E-state index in [1.807, 2.05) is 0 Å². The smallest absolute Gasteiger partial charge is 0.389 e. The molecule has 3 N–H and O–H groups in total. The molecule has 0 bridgehead atoms. The van der Waals surface area contributed by atoms with E-state index in [0.717, 1.165) is 32.1 Å². The number of alkyl halides is 3. The fourth-order valence-corrected chi connectivity index (χ4v) is 3.93. The minimum absolute atomic E-state index is 0.0140. The lowest BCUT2D eigenvalue weighted by molar-refractivity contribution is -0.152. The zero-order valence-corrected chi connectivity index (χ0v) is 13.9. The summed E-state index contributed by atoms with van der Waals surface area (Å²) in [5, 5.41) is 0. The third kappa shape index (κ3) is 9.14. The average molecular weight is 358 g/mol. The van der Waals surface area contributed by atoms with Crippen LogP contribution in [-0.2, 0) is 19.3 Å². The quantitative estimate of drug-likeness (QED) is 0.652. The summed E-state index contributed by atoms with van der Waals surface area (Å²) < 4.78 is 60.8. The van der Waals surface area contributed by atoms with Crippen LogP contribution in [0.3, 0.4) is 0 Å². The third-order valence-corrected chi connectivity index (χ3v) is 5.67. The molecule has 1 aliphatic rings. The molecule has 0 spiro atoms. The van der Waals surface area contributed by atoms with Gasteiger partial charge in [-0.05, 0) is 38.5 Å². The summed E-state index contributed by atoms with van der Waals surface area (Å²) in [6, 6.07) is -0.981. The van der Waals surface area contributed by atoms with Crippen molar-refractivity contribution in [2.75, 3.05) is 11.5 Å². The van der Waals surface area contributed by atoms with Crippen LogP contribution in [0.1, 0.15) is 51.4 Å². The lowest BCUT2D eigenvalue weighted by Gasteiger charge is -2.23. The lowest BCUT2D eigenvalue weighted by Crippen LogP contribution is -2.37. The van der Waals surface area contributed by atoms with Gasteiger partial charge in [-0.25, -0.2) is 4.21 Å². The summed E-state index contributed by atoms with van der Waals surface area (Å²) in [4.78, 5) is 11.8. The summed E-state index contributed by atoms with van der Waals surface area (Å²) in [5.41, 5.74) is 5.68. The zero-order chi connectivity index (χ0) is 17.5. The van der Waals surface area contributed by atoms with Gasteiger partial charge in [0.15, 0.2) is 0 Å². The molecule has 0 aliphatic heterocycles. The number of nitrogens with two attached hydrogens (primary N) is 1. The van der Waals surface area contributed by atoms with Crippen molar-refractivity contribution in [3.8, 4) is 0 Å². The number of halogens is 3. The molecule has 0 aromatic rings. The minimum Gasteiger partial charge on any atom is -0.461 e. The summed E-state index contributed by atoms with van der Waals surface area (Å²) in [6.07, 6.45) is -1.11. The van der Waals surface area contributed by atoms with E-state index >= 15 is 0 Å². The molecule has 0 amide bonds. The normalized spacial score (nSPS) is 20.7. The van der Waals surface area contributed by atoms with Crippen molar-refractivity contribution in [2.24, 2.45) is 5.73 Å². The SMILES string of the molecule is N=S(=O)(CCCC(F)(F)F)CC[C@H](N)C(=O)OC1CCCCC1. The first-order chi connectivity index (χ1) is 10.6.